The Bertz CT molecular complexity index is 980. The lowest BCUT2D eigenvalue weighted by molar-refractivity contribution is -0.387. The Hall–Kier alpha value is -2.23. The van der Waals surface area contributed by atoms with E-state index in [1.807, 2.05) is 24.3 Å². The van der Waals surface area contributed by atoms with Crippen molar-refractivity contribution < 1.29 is 13.3 Å². The van der Waals surface area contributed by atoms with E-state index in [9.17, 15) is 18.5 Å². The van der Waals surface area contributed by atoms with Crippen molar-refractivity contribution in [2.45, 2.75) is 10.9 Å². The number of nitro groups is 1. The van der Waals surface area contributed by atoms with E-state index in [1.165, 1.54) is 28.6 Å². The minimum Gasteiger partial charge on any atom is -0.362 e. The molecule has 7 nitrogen and oxygen atoms in total. The monoisotopic (exact) mass is 451 g/mol. The summed E-state index contributed by atoms with van der Waals surface area (Å²) in [4.78, 5) is 12.4. The molecule has 1 aliphatic rings. The predicted octanol–water partition coefficient (Wildman–Crippen LogP) is 3.42. The molecule has 0 aliphatic carbocycles. The molecule has 0 radical (unpaired) electrons. The Morgan fingerprint density at radius 2 is 1.81 bits per heavy atom. The lowest BCUT2D eigenvalue weighted by atomic mass is 10.1. The second-order valence-corrected chi connectivity index (χ2v) is 8.80. The standard InChI is InChI=1S/C18H18BrN3O4S/c1-2-14-13-20(11-12-21(14)16-8-4-3-7-15(16)19)27(25,26)18-10-6-5-9-17(18)22(23)24/h2-10,14H,1,11-13H2. The van der Waals surface area contributed by atoms with Crippen LogP contribution in [0.3, 0.4) is 0 Å². The van der Waals surface area contributed by atoms with Gasteiger partial charge >= 0.3 is 0 Å². The fraction of sp³-hybridized carbons (Fsp3) is 0.222. The van der Waals surface area contributed by atoms with Crippen LogP contribution in [0, 0.1) is 10.1 Å². The van der Waals surface area contributed by atoms with Crippen LogP contribution in [0.25, 0.3) is 0 Å². The van der Waals surface area contributed by atoms with Gasteiger partial charge < -0.3 is 4.90 Å². The molecule has 0 spiro atoms. The summed E-state index contributed by atoms with van der Waals surface area (Å²) in [5, 5.41) is 11.2. The van der Waals surface area contributed by atoms with E-state index < -0.39 is 20.6 Å². The molecule has 27 heavy (non-hydrogen) atoms. The van der Waals surface area contributed by atoms with Crippen molar-refractivity contribution >= 4 is 37.3 Å². The fourth-order valence-electron chi connectivity index (χ4n) is 3.15. The molecule has 9 heteroatoms. The number of para-hydroxylation sites is 2. The first-order chi connectivity index (χ1) is 12.9. The zero-order chi connectivity index (χ0) is 19.6. The lowest BCUT2D eigenvalue weighted by Gasteiger charge is -2.41. The van der Waals surface area contributed by atoms with E-state index >= 15 is 0 Å². The summed E-state index contributed by atoms with van der Waals surface area (Å²) in [5.74, 6) is 0. The Kier molecular flexibility index (Phi) is 5.64. The van der Waals surface area contributed by atoms with Crippen LogP contribution >= 0.6 is 15.9 Å². The van der Waals surface area contributed by atoms with E-state index in [0.717, 1.165) is 10.2 Å². The molecule has 1 aliphatic heterocycles. The maximum atomic E-state index is 13.0. The van der Waals surface area contributed by atoms with Gasteiger partial charge in [-0.05, 0) is 34.1 Å². The SMILES string of the molecule is C=CC1CN(S(=O)(=O)c2ccccc2[N+](=O)[O-])CCN1c1ccccc1Br. The first-order valence-electron chi connectivity index (χ1n) is 8.23. The molecule has 2 aromatic carbocycles. The van der Waals surface area contributed by atoms with Crippen molar-refractivity contribution in [2.24, 2.45) is 0 Å². The van der Waals surface area contributed by atoms with Crippen LogP contribution in [-0.2, 0) is 10.0 Å². The topological polar surface area (TPSA) is 83.8 Å². The second-order valence-electron chi connectivity index (χ2n) is 6.04. The van der Waals surface area contributed by atoms with E-state index in [4.69, 9.17) is 0 Å². The van der Waals surface area contributed by atoms with Crippen molar-refractivity contribution in [3.05, 3.63) is 75.8 Å². The Morgan fingerprint density at radius 3 is 2.48 bits per heavy atom. The number of nitro benzene ring substituents is 1. The van der Waals surface area contributed by atoms with E-state index in [2.05, 4.69) is 27.4 Å². The highest BCUT2D eigenvalue weighted by atomic mass is 79.9. The molecule has 1 fully saturated rings. The summed E-state index contributed by atoms with van der Waals surface area (Å²) in [6.45, 7) is 4.67. The van der Waals surface area contributed by atoms with Gasteiger partial charge in [-0.2, -0.15) is 4.31 Å². The zero-order valence-electron chi connectivity index (χ0n) is 14.4. The number of anilines is 1. The molecule has 0 bridgehead atoms. The number of benzene rings is 2. The molecule has 0 N–H and O–H groups in total. The highest BCUT2D eigenvalue weighted by Gasteiger charge is 2.36. The molecule has 0 amide bonds. The normalized spacial score (nSPS) is 18.3. The van der Waals surface area contributed by atoms with E-state index in [1.54, 1.807) is 6.08 Å². The third-order valence-electron chi connectivity index (χ3n) is 4.50. The van der Waals surface area contributed by atoms with Crippen LogP contribution in [0.5, 0.6) is 0 Å². The van der Waals surface area contributed by atoms with Gasteiger partial charge in [0.05, 0.1) is 16.7 Å². The zero-order valence-corrected chi connectivity index (χ0v) is 16.8. The van der Waals surface area contributed by atoms with Crippen molar-refractivity contribution in [1.29, 1.82) is 0 Å². The molecular formula is C18H18BrN3O4S. The van der Waals surface area contributed by atoms with Gasteiger partial charge in [0.25, 0.3) is 5.69 Å². The van der Waals surface area contributed by atoms with Crippen molar-refractivity contribution in [2.75, 3.05) is 24.5 Å². The molecule has 1 atom stereocenters. The van der Waals surface area contributed by atoms with Gasteiger partial charge in [0.15, 0.2) is 4.90 Å². The average Bonchev–Trinajstić information content (AvgIpc) is 2.68. The molecular weight excluding hydrogens is 434 g/mol. The quantitative estimate of drug-likeness (QED) is 0.395. The number of rotatable bonds is 5. The molecule has 1 unspecified atom stereocenters. The lowest BCUT2D eigenvalue weighted by Crippen LogP contribution is -2.54. The second kappa shape index (κ2) is 7.79. The largest absolute Gasteiger partial charge is 0.362 e. The van der Waals surface area contributed by atoms with E-state index in [-0.39, 0.29) is 24.0 Å². The van der Waals surface area contributed by atoms with Crippen LogP contribution in [0.4, 0.5) is 11.4 Å². The fourth-order valence-corrected chi connectivity index (χ4v) is 5.27. The van der Waals surface area contributed by atoms with Crippen molar-refractivity contribution in [3.63, 3.8) is 0 Å². The minimum atomic E-state index is -3.99. The van der Waals surface area contributed by atoms with Crippen LogP contribution in [0.2, 0.25) is 0 Å². The summed E-state index contributed by atoms with van der Waals surface area (Å²) >= 11 is 3.52. The summed E-state index contributed by atoms with van der Waals surface area (Å²) in [6, 6.07) is 12.9. The molecule has 0 aromatic heterocycles. The molecule has 2 aromatic rings. The summed E-state index contributed by atoms with van der Waals surface area (Å²) < 4.78 is 28.3. The molecule has 142 valence electrons. The van der Waals surface area contributed by atoms with Crippen molar-refractivity contribution in [3.8, 4) is 0 Å². The van der Waals surface area contributed by atoms with Gasteiger partial charge in [0.1, 0.15) is 0 Å². The summed E-state index contributed by atoms with van der Waals surface area (Å²) in [7, 11) is -3.99. The number of hydrogen-bond donors (Lipinski definition) is 0. The third kappa shape index (κ3) is 3.76. The molecule has 3 rings (SSSR count). The number of halogens is 1. The highest BCUT2D eigenvalue weighted by Crippen LogP contribution is 2.32. The Morgan fingerprint density at radius 1 is 1.15 bits per heavy atom. The smallest absolute Gasteiger partial charge is 0.289 e. The van der Waals surface area contributed by atoms with Crippen LogP contribution < -0.4 is 4.90 Å². The van der Waals surface area contributed by atoms with Gasteiger partial charge in [0.2, 0.25) is 10.0 Å². The predicted molar refractivity (Wildman–Crippen MR) is 107 cm³/mol. The van der Waals surface area contributed by atoms with Gasteiger partial charge in [-0.3, -0.25) is 10.1 Å². The Balaban J connectivity index is 1.92. The molecule has 1 saturated heterocycles. The number of nitrogens with zero attached hydrogens (tertiary/aromatic N) is 3. The number of hydrogen-bond acceptors (Lipinski definition) is 5. The average molecular weight is 452 g/mol. The maximum Gasteiger partial charge on any atom is 0.289 e. The van der Waals surface area contributed by atoms with Gasteiger partial charge in [0, 0.05) is 30.2 Å². The van der Waals surface area contributed by atoms with Crippen LogP contribution in [0.1, 0.15) is 0 Å². The van der Waals surface area contributed by atoms with Gasteiger partial charge in [-0.15, -0.1) is 6.58 Å². The van der Waals surface area contributed by atoms with Gasteiger partial charge in [-0.1, -0.05) is 30.3 Å². The minimum absolute atomic E-state index is 0.166. The van der Waals surface area contributed by atoms with Crippen LogP contribution in [0.15, 0.2) is 70.6 Å². The maximum absolute atomic E-state index is 13.0. The first-order valence-corrected chi connectivity index (χ1v) is 10.5. The molecule has 0 saturated carbocycles. The first kappa shape index (κ1) is 19.5. The van der Waals surface area contributed by atoms with Crippen LogP contribution in [-0.4, -0.2) is 43.3 Å². The van der Waals surface area contributed by atoms with Crippen molar-refractivity contribution in [1.82, 2.24) is 4.31 Å². The Labute approximate surface area is 166 Å². The number of piperazine rings is 1. The summed E-state index contributed by atoms with van der Waals surface area (Å²) in [5.41, 5.74) is 0.533. The third-order valence-corrected chi connectivity index (χ3v) is 7.08. The van der Waals surface area contributed by atoms with E-state index in [0.29, 0.717) is 6.54 Å². The highest BCUT2D eigenvalue weighted by molar-refractivity contribution is 9.10. The number of sulfonamides is 1. The summed E-state index contributed by atoms with van der Waals surface area (Å²) in [6.07, 6.45) is 1.69. The molecule has 1 heterocycles. The van der Waals surface area contributed by atoms with Gasteiger partial charge in [-0.25, -0.2) is 8.42 Å².